The van der Waals surface area contributed by atoms with Crippen LogP contribution in [-0.2, 0) is 10.2 Å². The average molecular weight is 297 g/mol. The molecule has 0 aliphatic heterocycles. The Morgan fingerprint density at radius 3 is 2.75 bits per heavy atom. The molecule has 5 nitrogen and oxygen atoms in total. The molecule has 0 heterocycles. The summed E-state index contributed by atoms with van der Waals surface area (Å²) in [5.41, 5.74) is 1.67. The molecule has 0 amide bonds. The summed E-state index contributed by atoms with van der Waals surface area (Å²) in [6.07, 6.45) is 2.93. The van der Waals surface area contributed by atoms with Crippen LogP contribution in [0.15, 0.2) is 24.3 Å². The minimum absolute atomic E-state index is 0.112. The third kappa shape index (κ3) is 4.77. The molecule has 0 saturated heterocycles. The van der Waals surface area contributed by atoms with Gasteiger partial charge in [0, 0.05) is 12.1 Å². The molecule has 1 saturated carbocycles. The Balaban J connectivity index is 2.01. The Bertz CT molecular complexity index is 541. The maximum Gasteiger partial charge on any atom is 0.299 e. The molecular weight excluding hydrogens is 274 g/mol. The monoisotopic (exact) mass is 297 g/mol. The lowest BCUT2D eigenvalue weighted by molar-refractivity contribution is 0.570. The Labute approximate surface area is 121 Å². The summed E-state index contributed by atoms with van der Waals surface area (Å²) < 4.78 is 28.9. The highest BCUT2D eigenvalue weighted by Crippen LogP contribution is 2.21. The molecule has 6 heteroatoms. The van der Waals surface area contributed by atoms with Crippen LogP contribution in [0, 0.1) is 0 Å². The van der Waals surface area contributed by atoms with Crippen LogP contribution in [0.5, 0.6) is 0 Å². The molecule has 0 aromatic heterocycles. The van der Waals surface area contributed by atoms with Gasteiger partial charge in [-0.1, -0.05) is 19.1 Å². The average Bonchev–Trinajstić information content (AvgIpc) is 3.18. The van der Waals surface area contributed by atoms with Crippen LogP contribution in [0.2, 0.25) is 0 Å². The summed E-state index contributed by atoms with van der Waals surface area (Å²) in [6, 6.07) is 7.83. The van der Waals surface area contributed by atoms with Crippen molar-refractivity contribution >= 4 is 15.9 Å². The van der Waals surface area contributed by atoms with Gasteiger partial charge >= 0.3 is 0 Å². The zero-order valence-corrected chi connectivity index (χ0v) is 12.8. The number of rotatable bonds is 8. The maximum atomic E-state index is 11.9. The van der Waals surface area contributed by atoms with E-state index in [2.05, 4.69) is 28.6 Å². The van der Waals surface area contributed by atoms with Crippen molar-refractivity contribution in [1.29, 1.82) is 0 Å². The molecule has 2 rings (SSSR count). The van der Waals surface area contributed by atoms with Crippen molar-refractivity contribution in [1.82, 2.24) is 10.0 Å². The first-order chi connectivity index (χ1) is 9.50. The van der Waals surface area contributed by atoms with Gasteiger partial charge in [-0.05, 0) is 50.4 Å². The van der Waals surface area contributed by atoms with E-state index in [0.717, 1.165) is 31.4 Å². The predicted molar refractivity (Wildman–Crippen MR) is 81.9 cm³/mol. The summed E-state index contributed by atoms with van der Waals surface area (Å²) in [5, 5.41) is 3.39. The molecular formula is C14H23N3O2S. The lowest BCUT2D eigenvalue weighted by atomic mass is 10.1. The van der Waals surface area contributed by atoms with E-state index in [1.54, 1.807) is 6.07 Å². The first-order valence-corrected chi connectivity index (χ1v) is 8.62. The van der Waals surface area contributed by atoms with E-state index in [1.165, 1.54) is 0 Å². The number of hydrogen-bond acceptors (Lipinski definition) is 3. The minimum Gasteiger partial charge on any atom is -0.310 e. The Hall–Kier alpha value is -1.11. The van der Waals surface area contributed by atoms with Crippen molar-refractivity contribution < 1.29 is 8.42 Å². The maximum absolute atomic E-state index is 11.9. The van der Waals surface area contributed by atoms with Crippen molar-refractivity contribution in [2.24, 2.45) is 0 Å². The van der Waals surface area contributed by atoms with Crippen molar-refractivity contribution in [2.75, 3.05) is 11.3 Å². The zero-order chi connectivity index (χ0) is 14.6. The summed E-state index contributed by atoms with van der Waals surface area (Å²) in [5.74, 6) is 0. The van der Waals surface area contributed by atoms with Crippen molar-refractivity contribution in [3.8, 4) is 0 Å². The Morgan fingerprint density at radius 2 is 2.10 bits per heavy atom. The molecule has 0 bridgehead atoms. The fourth-order valence-corrected chi connectivity index (χ4v) is 3.13. The van der Waals surface area contributed by atoms with Crippen LogP contribution < -0.4 is 14.8 Å². The largest absolute Gasteiger partial charge is 0.310 e. The molecule has 1 unspecified atom stereocenters. The van der Waals surface area contributed by atoms with Gasteiger partial charge in [0.15, 0.2) is 0 Å². The molecule has 1 atom stereocenters. The van der Waals surface area contributed by atoms with E-state index < -0.39 is 10.2 Å². The highest BCUT2D eigenvalue weighted by molar-refractivity contribution is 7.90. The number of anilines is 1. The first kappa shape index (κ1) is 15.3. The third-order valence-corrected chi connectivity index (χ3v) is 4.39. The van der Waals surface area contributed by atoms with Gasteiger partial charge in [0.05, 0.1) is 5.69 Å². The van der Waals surface area contributed by atoms with E-state index in [0.29, 0.717) is 5.69 Å². The number of nitrogens with one attached hydrogen (secondary N) is 3. The molecule has 112 valence electrons. The van der Waals surface area contributed by atoms with Crippen molar-refractivity contribution in [3.63, 3.8) is 0 Å². The molecule has 1 aromatic rings. The van der Waals surface area contributed by atoms with Crippen LogP contribution in [0.1, 0.15) is 44.7 Å². The molecule has 1 aromatic carbocycles. The molecule has 3 N–H and O–H groups in total. The predicted octanol–water partition coefficient (Wildman–Crippen LogP) is 2.16. The Kier molecular flexibility index (Phi) is 5.01. The topological polar surface area (TPSA) is 70.2 Å². The van der Waals surface area contributed by atoms with Gasteiger partial charge in [0.2, 0.25) is 0 Å². The van der Waals surface area contributed by atoms with E-state index >= 15 is 0 Å². The number of benzene rings is 1. The summed E-state index contributed by atoms with van der Waals surface area (Å²) in [4.78, 5) is 0. The normalized spacial score (nSPS) is 16.9. The van der Waals surface area contributed by atoms with E-state index in [-0.39, 0.29) is 12.1 Å². The van der Waals surface area contributed by atoms with Gasteiger partial charge in [-0.25, -0.2) is 0 Å². The lowest BCUT2D eigenvalue weighted by Crippen LogP contribution is -2.31. The zero-order valence-electron chi connectivity index (χ0n) is 12.0. The van der Waals surface area contributed by atoms with Gasteiger partial charge in [-0.2, -0.15) is 13.1 Å². The van der Waals surface area contributed by atoms with Gasteiger partial charge < -0.3 is 5.32 Å². The fourth-order valence-electron chi connectivity index (χ4n) is 1.96. The van der Waals surface area contributed by atoms with Crippen molar-refractivity contribution in [2.45, 2.75) is 45.2 Å². The highest BCUT2D eigenvalue weighted by Gasteiger charge is 2.26. The minimum atomic E-state index is -3.45. The van der Waals surface area contributed by atoms with E-state index in [1.807, 2.05) is 18.2 Å². The van der Waals surface area contributed by atoms with Gasteiger partial charge in [0.25, 0.3) is 10.2 Å². The molecule has 1 aliphatic carbocycles. The van der Waals surface area contributed by atoms with Crippen LogP contribution in [0.3, 0.4) is 0 Å². The first-order valence-electron chi connectivity index (χ1n) is 7.13. The van der Waals surface area contributed by atoms with E-state index in [9.17, 15) is 8.42 Å². The number of hydrogen-bond donors (Lipinski definition) is 3. The quantitative estimate of drug-likeness (QED) is 0.688. The molecule has 1 aliphatic rings. The van der Waals surface area contributed by atoms with Gasteiger partial charge in [-0.3, -0.25) is 4.72 Å². The molecule has 0 spiro atoms. The van der Waals surface area contributed by atoms with E-state index in [4.69, 9.17) is 0 Å². The SMILES string of the molecule is CCCNC(C)c1cccc(NS(=O)(=O)NC2CC2)c1. The second-order valence-electron chi connectivity index (χ2n) is 5.30. The smallest absolute Gasteiger partial charge is 0.299 e. The molecule has 20 heavy (non-hydrogen) atoms. The standard InChI is InChI=1S/C14H23N3O2S/c1-3-9-15-11(2)12-5-4-6-14(10-12)17-20(18,19)16-13-7-8-13/h4-6,10-11,13,15-17H,3,7-9H2,1-2H3. The van der Waals surface area contributed by atoms with Gasteiger partial charge in [-0.15, -0.1) is 0 Å². The van der Waals surface area contributed by atoms with Gasteiger partial charge in [0.1, 0.15) is 0 Å². The lowest BCUT2D eigenvalue weighted by Gasteiger charge is -2.15. The molecule has 0 radical (unpaired) electrons. The van der Waals surface area contributed by atoms with Crippen molar-refractivity contribution in [3.05, 3.63) is 29.8 Å². The highest BCUT2D eigenvalue weighted by atomic mass is 32.2. The summed E-state index contributed by atoms with van der Waals surface area (Å²) in [6.45, 7) is 5.14. The summed E-state index contributed by atoms with van der Waals surface area (Å²) >= 11 is 0. The molecule has 1 fully saturated rings. The van der Waals surface area contributed by atoms with Crippen LogP contribution >= 0.6 is 0 Å². The second-order valence-corrected chi connectivity index (χ2v) is 6.75. The third-order valence-electron chi connectivity index (χ3n) is 3.24. The van der Waals surface area contributed by atoms with Crippen LogP contribution in [-0.4, -0.2) is 21.0 Å². The second kappa shape index (κ2) is 6.56. The fraction of sp³-hybridized carbons (Fsp3) is 0.571. The van der Waals surface area contributed by atoms with Crippen LogP contribution in [0.4, 0.5) is 5.69 Å². The Morgan fingerprint density at radius 1 is 1.35 bits per heavy atom. The van der Waals surface area contributed by atoms with Crippen LogP contribution in [0.25, 0.3) is 0 Å². The summed E-state index contributed by atoms with van der Waals surface area (Å²) in [7, 11) is -3.45.